The van der Waals surface area contributed by atoms with Crippen molar-refractivity contribution in [3.8, 4) is 5.69 Å². The second kappa shape index (κ2) is 6.67. The molecule has 1 saturated heterocycles. The number of aryl methyl sites for hydroxylation is 1. The molecular weight excluding hydrogens is 351 g/mol. The molecule has 1 aliphatic rings. The van der Waals surface area contributed by atoms with Crippen LogP contribution in [0.4, 0.5) is 18.0 Å². The number of benzene rings is 1. The van der Waals surface area contributed by atoms with Crippen molar-refractivity contribution in [2.24, 2.45) is 4.99 Å². The number of likely N-dealkylation sites (tertiary alicyclic amines) is 1. The molecule has 134 valence electrons. The second-order valence-corrected chi connectivity index (χ2v) is 7.18. The summed E-state index contributed by atoms with van der Waals surface area (Å²) in [7, 11) is 0. The maximum Gasteiger partial charge on any atom is 0.416 e. The van der Waals surface area contributed by atoms with Gasteiger partial charge >= 0.3 is 12.2 Å². The van der Waals surface area contributed by atoms with Crippen LogP contribution >= 0.6 is 11.3 Å². The Labute approximate surface area is 147 Å². The van der Waals surface area contributed by atoms with Crippen LogP contribution in [0, 0.1) is 13.8 Å². The molecule has 0 aliphatic carbocycles. The van der Waals surface area contributed by atoms with Gasteiger partial charge in [0, 0.05) is 29.3 Å². The fraction of sp³-hybridized carbons (Fsp3) is 0.412. The maximum atomic E-state index is 12.8. The van der Waals surface area contributed by atoms with E-state index in [1.54, 1.807) is 9.47 Å². The molecule has 0 saturated carbocycles. The van der Waals surface area contributed by atoms with Gasteiger partial charge in [0.15, 0.2) is 4.80 Å². The Bertz CT molecular complexity index is 844. The number of halogens is 3. The molecule has 0 atom stereocenters. The summed E-state index contributed by atoms with van der Waals surface area (Å²) in [6.45, 7) is 5.17. The van der Waals surface area contributed by atoms with Gasteiger partial charge in [0.2, 0.25) is 0 Å². The van der Waals surface area contributed by atoms with E-state index in [0.29, 0.717) is 23.6 Å². The van der Waals surface area contributed by atoms with Crippen LogP contribution < -0.4 is 4.80 Å². The first-order valence-electron chi connectivity index (χ1n) is 7.97. The average molecular weight is 369 g/mol. The molecule has 1 aliphatic heterocycles. The molecule has 25 heavy (non-hydrogen) atoms. The molecule has 1 aromatic carbocycles. The summed E-state index contributed by atoms with van der Waals surface area (Å²) >= 11 is 1.36. The first-order chi connectivity index (χ1) is 11.8. The summed E-state index contributed by atoms with van der Waals surface area (Å²) in [5.74, 6) is 0. The molecule has 4 nitrogen and oxygen atoms in total. The third-order valence-electron chi connectivity index (χ3n) is 4.30. The largest absolute Gasteiger partial charge is 0.416 e. The Morgan fingerprint density at radius 3 is 2.28 bits per heavy atom. The van der Waals surface area contributed by atoms with Crippen LogP contribution in [0.1, 0.15) is 29.0 Å². The predicted octanol–water partition coefficient (Wildman–Crippen LogP) is 4.29. The van der Waals surface area contributed by atoms with Gasteiger partial charge in [-0.15, -0.1) is 11.3 Å². The van der Waals surface area contributed by atoms with E-state index in [4.69, 9.17) is 0 Å². The lowest BCUT2D eigenvalue weighted by atomic mass is 10.2. The van der Waals surface area contributed by atoms with Crippen LogP contribution in [-0.4, -0.2) is 28.6 Å². The Hall–Kier alpha value is -2.09. The number of nitrogens with zero attached hydrogens (tertiary/aromatic N) is 3. The minimum atomic E-state index is -4.37. The third kappa shape index (κ3) is 3.63. The van der Waals surface area contributed by atoms with Gasteiger partial charge in [-0.05, 0) is 51.0 Å². The van der Waals surface area contributed by atoms with Crippen LogP contribution in [0.2, 0.25) is 0 Å². The highest BCUT2D eigenvalue weighted by molar-refractivity contribution is 7.09. The predicted molar refractivity (Wildman–Crippen MR) is 89.9 cm³/mol. The molecule has 2 heterocycles. The lowest BCUT2D eigenvalue weighted by molar-refractivity contribution is -0.137. The summed E-state index contributed by atoms with van der Waals surface area (Å²) in [5.41, 5.74) is 0.716. The molecule has 0 radical (unpaired) electrons. The van der Waals surface area contributed by atoms with Crippen LogP contribution in [0.5, 0.6) is 0 Å². The van der Waals surface area contributed by atoms with Crippen molar-refractivity contribution >= 4 is 17.4 Å². The van der Waals surface area contributed by atoms with E-state index in [2.05, 4.69) is 4.99 Å². The van der Waals surface area contributed by atoms with Crippen molar-refractivity contribution in [1.29, 1.82) is 0 Å². The molecular formula is C17H18F3N3OS. The molecule has 3 rings (SSSR count). The summed E-state index contributed by atoms with van der Waals surface area (Å²) in [4.78, 5) is 19.7. The first kappa shape index (κ1) is 17.7. The van der Waals surface area contributed by atoms with Crippen molar-refractivity contribution in [2.75, 3.05) is 13.1 Å². The number of rotatable bonds is 1. The number of hydrogen-bond acceptors (Lipinski definition) is 2. The number of hydrogen-bond donors (Lipinski definition) is 0. The fourth-order valence-electron chi connectivity index (χ4n) is 2.79. The molecule has 1 fully saturated rings. The second-order valence-electron chi connectivity index (χ2n) is 5.99. The Morgan fingerprint density at radius 2 is 1.72 bits per heavy atom. The van der Waals surface area contributed by atoms with E-state index < -0.39 is 11.7 Å². The van der Waals surface area contributed by atoms with Crippen LogP contribution in [0.15, 0.2) is 29.3 Å². The van der Waals surface area contributed by atoms with Gasteiger partial charge in [-0.3, -0.25) is 4.57 Å². The lowest BCUT2D eigenvalue weighted by Crippen LogP contribution is -2.27. The Kier molecular flexibility index (Phi) is 4.73. The number of amides is 2. The number of carbonyl (C=O) groups excluding carboxylic acids is 1. The van der Waals surface area contributed by atoms with Gasteiger partial charge in [-0.1, -0.05) is 0 Å². The zero-order chi connectivity index (χ0) is 18.2. The molecule has 0 N–H and O–H groups in total. The van der Waals surface area contributed by atoms with E-state index in [1.807, 2.05) is 13.8 Å². The van der Waals surface area contributed by atoms with E-state index in [9.17, 15) is 18.0 Å². The minimum Gasteiger partial charge on any atom is -0.323 e. The van der Waals surface area contributed by atoms with Crippen LogP contribution in [0.3, 0.4) is 0 Å². The molecule has 0 unspecified atom stereocenters. The quantitative estimate of drug-likeness (QED) is 0.739. The van der Waals surface area contributed by atoms with E-state index in [1.165, 1.54) is 23.5 Å². The SMILES string of the molecule is Cc1sc(=NC(=O)N2CCCC2)n(-c2ccc(C(F)(F)F)cc2)c1C. The zero-order valence-corrected chi connectivity index (χ0v) is 14.7. The Balaban J connectivity index is 2.03. The van der Waals surface area contributed by atoms with Crippen molar-refractivity contribution in [3.63, 3.8) is 0 Å². The van der Waals surface area contributed by atoms with Gasteiger partial charge < -0.3 is 4.90 Å². The van der Waals surface area contributed by atoms with Gasteiger partial charge in [-0.25, -0.2) is 4.79 Å². The smallest absolute Gasteiger partial charge is 0.323 e. The van der Waals surface area contributed by atoms with Crippen molar-refractivity contribution in [1.82, 2.24) is 9.47 Å². The van der Waals surface area contributed by atoms with E-state index in [0.717, 1.165) is 35.5 Å². The summed E-state index contributed by atoms with van der Waals surface area (Å²) in [6.07, 6.45) is -2.42. The fourth-order valence-corrected chi connectivity index (χ4v) is 3.76. The standard InChI is InChI=1S/C17H18F3N3OS/c1-11-12(2)25-16(21-15(24)22-9-3-4-10-22)23(11)14-7-5-13(6-8-14)17(18,19)20/h5-8H,3-4,9-10H2,1-2H3. The molecule has 2 amide bonds. The highest BCUT2D eigenvalue weighted by Crippen LogP contribution is 2.29. The van der Waals surface area contributed by atoms with E-state index in [-0.39, 0.29) is 6.03 Å². The minimum absolute atomic E-state index is 0.292. The highest BCUT2D eigenvalue weighted by atomic mass is 32.1. The third-order valence-corrected chi connectivity index (χ3v) is 5.36. The van der Waals surface area contributed by atoms with Gasteiger partial charge in [-0.2, -0.15) is 18.2 Å². The number of carbonyl (C=O) groups is 1. The van der Waals surface area contributed by atoms with E-state index >= 15 is 0 Å². The number of urea groups is 1. The molecule has 8 heteroatoms. The van der Waals surface area contributed by atoms with Gasteiger partial charge in [0.1, 0.15) is 0 Å². The van der Waals surface area contributed by atoms with Crippen molar-refractivity contribution < 1.29 is 18.0 Å². The monoisotopic (exact) mass is 369 g/mol. The molecule has 2 aromatic rings. The lowest BCUT2D eigenvalue weighted by Gasteiger charge is -2.12. The summed E-state index contributed by atoms with van der Waals surface area (Å²) < 4.78 is 40.0. The number of thiazole rings is 1. The number of aromatic nitrogens is 1. The highest BCUT2D eigenvalue weighted by Gasteiger charge is 2.30. The van der Waals surface area contributed by atoms with Crippen LogP contribution in [-0.2, 0) is 6.18 Å². The van der Waals surface area contributed by atoms with Crippen LogP contribution in [0.25, 0.3) is 5.69 Å². The molecule has 0 spiro atoms. The Morgan fingerprint density at radius 1 is 1.12 bits per heavy atom. The summed E-state index contributed by atoms with van der Waals surface area (Å²) in [5, 5.41) is 0. The topological polar surface area (TPSA) is 37.6 Å². The van der Waals surface area contributed by atoms with Crippen molar-refractivity contribution in [2.45, 2.75) is 32.9 Å². The normalized spacial score (nSPS) is 15.9. The molecule has 1 aromatic heterocycles. The van der Waals surface area contributed by atoms with Gasteiger partial charge in [0.25, 0.3) is 0 Å². The zero-order valence-electron chi connectivity index (χ0n) is 13.9. The number of alkyl halides is 3. The maximum absolute atomic E-state index is 12.8. The first-order valence-corrected chi connectivity index (χ1v) is 8.79. The van der Waals surface area contributed by atoms with Gasteiger partial charge in [0.05, 0.1) is 5.56 Å². The average Bonchev–Trinajstić information content (AvgIpc) is 3.16. The summed E-state index contributed by atoms with van der Waals surface area (Å²) in [6, 6.07) is 4.60. The van der Waals surface area contributed by atoms with Crippen molar-refractivity contribution in [3.05, 3.63) is 45.2 Å². The molecule has 0 bridgehead atoms.